The van der Waals surface area contributed by atoms with E-state index in [4.69, 9.17) is 11.5 Å². The lowest BCUT2D eigenvalue weighted by molar-refractivity contribution is 0.664. The van der Waals surface area contributed by atoms with Gasteiger partial charge in [0.15, 0.2) is 0 Å². The van der Waals surface area contributed by atoms with Crippen molar-refractivity contribution in [1.82, 2.24) is 0 Å². The van der Waals surface area contributed by atoms with Crippen LogP contribution in [-0.2, 0) is 0 Å². The quantitative estimate of drug-likeness (QED) is 0.626. The molecule has 0 fully saturated rings. The van der Waals surface area contributed by atoms with Crippen LogP contribution < -0.4 is 11.5 Å². The maximum atomic E-state index is 5.36. The van der Waals surface area contributed by atoms with Gasteiger partial charge in [-0.2, -0.15) is 0 Å². The van der Waals surface area contributed by atoms with Crippen molar-refractivity contribution in [3.63, 3.8) is 0 Å². The molecule has 0 aliphatic rings. The van der Waals surface area contributed by atoms with Crippen LogP contribution in [0.4, 0.5) is 5.69 Å². The van der Waals surface area contributed by atoms with Crippen molar-refractivity contribution in [2.45, 2.75) is 13.8 Å². The molecule has 1 aromatic carbocycles. The average Bonchev–Trinajstić information content (AvgIpc) is 2.07. The topological polar surface area (TPSA) is 52.0 Å². The first-order valence-corrected chi connectivity index (χ1v) is 4.17. The molecule has 2 nitrogen and oxygen atoms in total. The summed E-state index contributed by atoms with van der Waals surface area (Å²) < 4.78 is 0. The molecule has 0 heterocycles. The first-order chi connectivity index (χ1) is 5.66. The molecule has 1 aromatic rings. The van der Waals surface area contributed by atoms with Gasteiger partial charge in [-0.1, -0.05) is 32.0 Å². The van der Waals surface area contributed by atoms with E-state index in [1.165, 1.54) is 0 Å². The van der Waals surface area contributed by atoms with E-state index >= 15 is 0 Å². The van der Waals surface area contributed by atoms with Crippen molar-refractivity contribution in [2.24, 2.45) is 11.7 Å². The van der Waals surface area contributed by atoms with E-state index in [1.54, 1.807) is 0 Å². The van der Waals surface area contributed by atoms with Gasteiger partial charge in [-0.25, -0.2) is 0 Å². The summed E-state index contributed by atoms with van der Waals surface area (Å²) in [6.45, 7) is 5.00. The number of nitrogen functional groups attached to an aromatic ring is 1. The fourth-order valence-corrected chi connectivity index (χ4v) is 0.453. The Balaban J connectivity index is 0.000000217. The molecular weight excluding hydrogens is 148 g/mol. The van der Waals surface area contributed by atoms with Crippen molar-refractivity contribution in [3.8, 4) is 0 Å². The van der Waals surface area contributed by atoms with Crippen LogP contribution in [0.3, 0.4) is 0 Å². The van der Waals surface area contributed by atoms with Gasteiger partial charge in [0.1, 0.15) is 0 Å². The van der Waals surface area contributed by atoms with Gasteiger partial charge in [0.25, 0.3) is 0 Å². The van der Waals surface area contributed by atoms with Crippen LogP contribution >= 0.6 is 0 Å². The van der Waals surface area contributed by atoms with Crippen LogP contribution in [0.1, 0.15) is 13.8 Å². The molecule has 0 spiro atoms. The second-order valence-corrected chi connectivity index (χ2v) is 3.04. The van der Waals surface area contributed by atoms with Crippen molar-refractivity contribution in [1.29, 1.82) is 0 Å². The average molecular weight is 166 g/mol. The fraction of sp³-hybridized carbons (Fsp3) is 0.400. The zero-order valence-corrected chi connectivity index (χ0v) is 7.83. The number of rotatable bonds is 1. The maximum Gasteiger partial charge on any atom is 0.0313 e. The summed E-state index contributed by atoms with van der Waals surface area (Å²) in [5, 5.41) is 0. The molecule has 0 aromatic heterocycles. The zero-order chi connectivity index (χ0) is 9.40. The van der Waals surface area contributed by atoms with E-state index in [1.807, 2.05) is 30.3 Å². The first-order valence-electron chi connectivity index (χ1n) is 4.17. The molecular formula is C10H18N2. The lowest BCUT2D eigenvalue weighted by Crippen LogP contribution is -2.05. The molecule has 1 rings (SSSR count). The van der Waals surface area contributed by atoms with Crippen LogP contribution in [0.2, 0.25) is 0 Å². The van der Waals surface area contributed by atoms with Crippen molar-refractivity contribution >= 4 is 5.69 Å². The van der Waals surface area contributed by atoms with Gasteiger partial charge in [-0.05, 0) is 24.6 Å². The lowest BCUT2D eigenvalue weighted by Gasteiger charge is -1.91. The number of benzene rings is 1. The maximum absolute atomic E-state index is 5.36. The summed E-state index contributed by atoms with van der Waals surface area (Å²) in [5.74, 6) is 0.662. The van der Waals surface area contributed by atoms with Crippen LogP contribution in [0, 0.1) is 5.92 Å². The van der Waals surface area contributed by atoms with Crippen molar-refractivity contribution in [3.05, 3.63) is 30.3 Å². The van der Waals surface area contributed by atoms with E-state index in [0.717, 1.165) is 12.2 Å². The Morgan fingerprint density at radius 1 is 1.17 bits per heavy atom. The molecule has 12 heavy (non-hydrogen) atoms. The Morgan fingerprint density at radius 3 is 1.75 bits per heavy atom. The number of hydrogen-bond acceptors (Lipinski definition) is 2. The molecule has 0 aliphatic carbocycles. The molecule has 0 unspecified atom stereocenters. The second kappa shape index (κ2) is 6.68. The highest BCUT2D eigenvalue weighted by molar-refractivity contribution is 5.35. The number of hydrogen-bond donors (Lipinski definition) is 2. The third-order valence-electron chi connectivity index (χ3n) is 1.27. The van der Waals surface area contributed by atoms with Gasteiger partial charge in [0.05, 0.1) is 0 Å². The minimum atomic E-state index is 0.662. The monoisotopic (exact) mass is 166 g/mol. The second-order valence-electron chi connectivity index (χ2n) is 3.04. The van der Waals surface area contributed by atoms with Gasteiger partial charge >= 0.3 is 0 Å². The Labute approximate surface area is 74.6 Å². The number of anilines is 1. The minimum absolute atomic E-state index is 0.662. The largest absolute Gasteiger partial charge is 0.399 e. The summed E-state index contributed by atoms with van der Waals surface area (Å²) in [4.78, 5) is 0. The predicted octanol–water partition coefficient (Wildman–Crippen LogP) is 1.87. The Kier molecular flexibility index (Phi) is 6.11. The van der Waals surface area contributed by atoms with Crippen molar-refractivity contribution in [2.75, 3.05) is 12.3 Å². The summed E-state index contributed by atoms with van der Waals surface area (Å²) in [5.41, 5.74) is 11.4. The highest BCUT2D eigenvalue weighted by Crippen LogP contribution is 1.95. The Hall–Kier alpha value is -1.02. The highest BCUT2D eigenvalue weighted by atomic mass is 14.5. The van der Waals surface area contributed by atoms with Gasteiger partial charge in [0.2, 0.25) is 0 Å². The first kappa shape index (κ1) is 11.0. The highest BCUT2D eigenvalue weighted by Gasteiger charge is 1.80. The molecule has 68 valence electrons. The van der Waals surface area contributed by atoms with Gasteiger partial charge in [-0.3, -0.25) is 0 Å². The third kappa shape index (κ3) is 7.09. The van der Waals surface area contributed by atoms with E-state index in [-0.39, 0.29) is 0 Å². The third-order valence-corrected chi connectivity index (χ3v) is 1.27. The van der Waals surface area contributed by atoms with E-state index in [0.29, 0.717) is 5.92 Å². The zero-order valence-electron chi connectivity index (χ0n) is 7.83. The van der Waals surface area contributed by atoms with Crippen LogP contribution in [0.5, 0.6) is 0 Å². The molecule has 4 N–H and O–H groups in total. The smallest absolute Gasteiger partial charge is 0.0313 e. The molecule has 2 heteroatoms. The Morgan fingerprint density at radius 2 is 1.58 bits per heavy atom. The molecule has 0 saturated carbocycles. The van der Waals surface area contributed by atoms with Gasteiger partial charge in [0, 0.05) is 5.69 Å². The van der Waals surface area contributed by atoms with Crippen LogP contribution in [0.15, 0.2) is 30.3 Å². The van der Waals surface area contributed by atoms with Crippen LogP contribution in [-0.4, -0.2) is 6.54 Å². The number of nitrogens with two attached hydrogens (primary N) is 2. The fourth-order valence-electron chi connectivity index (χ4n) is 0.453. The molecule has 0 aliphatic heterocycles. The van der Waals surface area contributed by atoms with Gasteiger partial charge < -0.3 is 11.5 Å². The minimum Gasteiger partial charge on any atom is -0.399 e. The van der Waals surface area contributed by atoms with E-state index in [2.05, 4.69) is 13.8 Å². The van der Waals surface area contributed by atoms with Gasteiger partial charge in [-0.15, -0.1) is 0 Å². The Bertz CT molecular complexity index is 182. The predicted molar refractivity (Wildman–Crippen MR) is 54.7 cm³/mol. The summed E-state index contributed by atoms with van der Waals surface area (Å²) in [6, 6.07) is 9.49. The van der Waals surface area contributed by atoms with Crippen LogP contribution in [0.25, 0.3) is 0 Å². The molecule has 0 atom stereocenters. The summed E-state index contributed by atoms with van der Waals surface area (Å²) >= 11 is 0. The standard InChI is InChI=1S/C6H7N.C4H11N/c7-6-4-2-1-3-5-6;1-4(2)3-5/h1-5H,7H2;4H,3,5H2,1-2H3. The molecule has 0 saturated heterocycles. The summed E-state index contributed by atoms with van der Waals surface area (Å²) in [7, 11) is 0. The summed E-state index contributed by atoms with van der Waals surface area (Å²) in [6.07, 6.45) is 0. The number of para-hydroxylation sites is 1. The van der Waals surface area contributed by atoms with E-state index in [9.17, 15) is 0 Å². The lowest BCUT2D eigenvalue weighted by atomic mass is 10.2. The molecule has 0 amide bonds. The normalized spacial score (nSPS) is 9.00. The molecule has 0 bridgehead atoms. The van der Waals surface area contributed by atoms with E-state index < -0.39 is 0 Å². The molecule has 0 radical (unpaired) electrons. The van der Waals surface area contributed by atoms with Crippen molar-refractivity contribution < 1.29 is 0 Å². The SMILES string of the molecule is CC(C)CN.Nc1ccccc1.